The van der Waals surface area contributed by atoms with E-state index in [0.717, 1.165) is 60.2 Å². The summed E-state index contributed by atoms with van der Waals surface area (Å²) in [7, 11) is 0. The van der Waals surface area contributed by atoms with Gasteiger partial charge >= 0.3 is 0 Å². The molecule has 9 heteroatoms. The fraction of sp³-hybridized carbons (Fsp3) is 0.250. The van der Waals surface area contributed by atoms with E-state index in [1.807, 2.05) is 42.5 Å². The Labute approximate surface area is 170 Å². The molecule has 4 aromatic rings. The molecular weight excluding hydrogens is 388 g/mol. The molecule has 5 rings (SSSR count). The van der Waals surface area contributed by atoms with Gasteiger partial charge in [0.15, 0.2) is 11.6 Å². The number of aromatic nitrogens is 4. The highest BCUT2D eigenvalue weighted by atomic mass is 32.1. The minimum absolute atomic E-state index is 0.0319. The molecule has 4 heterocycles. The summed E-state index contributed by atoms with van der Waals surface area (Å²) in [5.41, 5.74) is 2.98. The minimum atomic E-state index is -0.0385. The number of furan rings is 1. The van der Waals surface area contributed by atoms with E-state index in [1.165, 1.54) is 0 Å². The maximum atomic E-state index is 12.7. The predicted octanol–water partition coefficient (Wildman–Crippen LogP) is 3.60. The van der Waals surface area contributed by atoms with Crippen molar-refractivity contribution in [2.24, 2.45) is 5.92 Å². The zero-order valence-corrected chi connectivity index (χ0v) is 16.3. The Bertz CT molecular complexity index is 1120. The van der Waals surface area contributed by atoms with Gasteiger partial charge in [0.1, 0.15) is 16.7 Å². The van der Waals surface area contributed by atoms with Crippen LogP contribution in [0.1, 0.15) is 12.8 Å². The van der Waals surface area contributed by atoms with Crippen LogP contribution >= 0.6 is 11.7 Å². The van der Waals surface area contributed by atoms with Gasteiger partial charge in [-0.05, 0) is 49.2 Å². The molecule has 0 saturated carbocycles. The summed E-state index contributed by atoms with van der Waals surface area (Å²) < 4.78 is 13.8. The van der Waals surface area contributed by atoms with Crippen LogP contribution in [0.2, 0.25) is 0 Å². The lowest BCUT2D eigenvalue weighted by Gasteiger charge is -2.31. The number of hydrogen-bond acceptors (Lipinski definition) is 8. The molecule has 1 aliphatic rings. The summed E-state index contributed by atoms with van der Waals surface area (Å²) in [4.78, 5) is 14.9. The van der Waals surface area contributed by atoms with Gasteiger partial charge in [0.2, 0.25) is 5.91 Å². The van der Waals surface area contributed by atoms with Crippen molar-refractivity contribution in [2.75, 3.05) is 23.3 Å². The number of nitrogens with zero attached hydrogens (tertiary/aromatic N) is 5. The molecule has 0 atom stereocenters. The Morgan fingerprint density at radius 1 is 1.07 bits per heavy atom. The van der Waals surface area contributed by atoms with Crippen molar-refractivity contribution < 1.29 is 9.21 Å². The van der Waals surface area contributed by atoms with E-state index in [2.05, 4.69) is 29.2 Å². The van der Waals surface area contributed by atoms with Gasteiger partial charge < -0.3 is 14.6 Å². The van der Waals surface area contributed by atoms with Crippen LogP contribution in [0.5, 0.6) is 0 Å². The zero-order chi connectivity index (χ0) is 19.6. The highest BCUT2D eigenvalue weighted by Gasteiger charge is 2.26. The average molecular weight is 406 g/mol. The van der Waals surface area contributed by atoms with Crippen molar-refractivity contribution in [3.8, 4) is 11.5 Å². The summed E-state index contributed by atoms with van der Waals surface area (Å²) in [6, 6.07) is 13.2. The molecular formula is C20H18N6O2S. The van der Waals surface area contributed by atoms with Gasteiger partial charge in [0.05, 0.1) is 23.7 Å². The van der Waals surface area contributed by atoms with Gasteiger partial charge in [-0.2, -0.15) is 8.75 Å². The molecule has 1 fully saturated rings. The van der Waals surface area contributed by atoms with Crippen LogP contribution < -0.4 is 10.2 Å². The first kappa shape index (κ1) is 17.7. The van der Waals surface area contributed by atoms with Crippen molar-refractivity contribution in [2.45, 2.75) is 12.8 Å². The van der Waals surface area contributed by atoms with Crippen LogP contribution in [0.25, 0.3) is 22.5 Å². The first-order valence-corrected chi connectivity index (χ1v) is 10.2. The molecule has 1 saturated heterocycles. The van der Waals surface area contributed by atoms with Gasteiger partial charge in [-0.15, -0.1) is 10.2 Å². The minimum Gasteiger partial charge on any atom is -0.463 e. The van der Waals surface area contributed by atoms with Gasteiger partial charge in [0.25, 0.3) is 0 Å². The Morgan fingerprint density at radius 2 is 1.97 bits per heavy atom. The molecule has 0 unspecified atom stereocenters. The summed E-state index contributed by atoms with van der Waals surface area (Å²) in [6.07, 6.45) is 3.14. The van der Waals surface area contributed by atoms with Crippen LogP contribution in [0.15, 0.2) is 53.1 Å². The third-order valence-electron chi connectivity index (χ3n) is 5.16. The maximum absolute atomic E-state index is 12.7. The van der Waals surface area contributed by atoms with Crippen molar-refractivity contribution in [3.05, 3.63) is 48.7 Å². The fourth-order valence-electron chi connectivity index (χ4n) is 3.56. The summed E-state index contributed by atoms with van der Waals surface area (Å²) in [5.74, 6) is 1.51. The number of anilines is 2. The van der Waals surface area contributed by atoms with Crippen molar-refractivity contribution >= 4 is 40.2 Å². The Morgan fingerprint density at radius 3 is 2.72 bits per heavy atom. The molecule has 3 aromatic heterocycles. The number of amides is 1. The van der Waals surface area contributed by atoms with E-state index < -0.39 is 0 Å². The number of rotatable bonds is 4. The number of carbonyl (C=O) groups excluding carboxylic acids is 1. The maximum Gasteiger partial charge on any atom is 0.227 e. The molecule has 146 valence electrons. The topological polar surface area (TPSA) is 97.0 Å². The summed E-state index contributed by atoms with van der Waals surface area (Å²) in [5, 5.41) is 11.6. The van der Waals surface area contributed by atoms with E-state index in [-0.39, 0.29) is 11.8 Å². The van der Waals surface area contributed by atoms with Gasteiger partial charge in [-0.3, -0.25) is 4.79 Å². The van der Waals surface area contributed by atoms with Crippen LogP contribution in [-0.4, -0.2) is 37.9 Å². The van der Waals surface area contributed by atoms with Crippen molar-refractivity contribution in [1.82, 2.24) is 18.9 Å². The highest BCUT2D eigenvalue weighted by molar-refractivity contribution is 7.00. The van der Waals surface area contributed by atoms with E-state index in [9.17, 15) is 4.79 Å². The lowest BCUT2D eigenvalue weighted by atomic mass is 9.95. The summed E-state index contributed by atoms with van der Waals surface area (Å²) >= 11 is 1.15. The molecule has 1 aliphatic heterocycles. The first-order chi connectivity index (χ1) is 14.3. The molecule has 0 radical (unpaired) electrons. The van der Waals surface area contributed by atoms with E-state index in [0.29, 0.717) is 11.5 Å². The van der Waals surface area contributed by atoms with Crippen molar-refractivity contribution in [3.63, 3.8) is 0 Å². The van der Waals surface area contributed by atoms with Crippen LogP contribution in [-0.2, 0) is 4.79 Å². The van der Waals surface area contributed by atoms with Crippen molar-refractivity contribution in [1.29, 1.82) is 0 Å². The number of nitrogens with one attached hydrogen (secondary N) is 1. The van der Waals surface area contributed by atoms with Crippen LogP contribution in [0, 0.1) is 5.92 Å². The van der Waals surface area contributed by atoms with E-state index >= 15 is 0 Å². The molecule has 1 aromatic carbocycles. The monoisotopic (exact) mass is 406 g/mol. The third-order valence-corrected chi connectivity index (χ3v) is 5.70. The van der Waals surface area contributed by atoms with Gasteiger partial charge in [0, 0.05) is 19.0 Å². The second kappa shape index (κ2) is 7.59. The third kappa shape index (κ3) is 3.56. The highest BCUT2D eigenvalue weighted by Crippen LogP contribution is 2.26. The number of benzene rings is 1. The fourth-order valence-corrected chi connectivity index (χ4v) is 4.11. The SMILES string of the molecule is O=C(Nc1cccc2nsnc12)C1CCN(c2ccc(-c3ccco3)nn2)CC1. The Kier molecular flexibility index (Phi) is 4.65. The van der Waals surface area contributed by atoms with Crippen LogP contribution in [0.4, 0.5) is 11.5 Å². The number of hydrogen-bond donors (Lipinski definition) is 1. The standard InChI is InChI=1S/C20H18N6O2S/c27-20(21-15-3-1-4-16-19(15)25-29-24-16)13-8-10-26(11-9-13)18-7-6-14(22-23-18)17-5-2-12-28-17/h1-7,12-13H,8-11H2,(H,21,27). The molecule has 0 bridgehead atoms. The normalized spacial score (nSPS) is 15.0. The average Bonchev–Trinajstić information content (AvgIpc) is 3.47. The number of carbonyl (C=O) groups is 1. The molecule has 0 aliphatic carbocycles. The first-order valence-electron chi connectivity index (χ1n) is 9.42. The molecule has 1 amide bonds. The predicted molar refractivity (Wildman–Crippen MR) is 111 cm³/mol. The van der Waals surface area contributed by atoms with Gasteiger partial charge in [-0.1, -0.05) is 6.07 Å². The van der Waals surface area contributed by atoms with Gasteiger partial charge in [-0.25, -0.2) is 0 Å². The lowest BCUT2D eigenvalue weighted by Crippen LogP contribution is -2.38. The molecule has 0 spiro atoms. The largest absolute Gasteiger partial charge is 0.463 e. The number of piperidine rings is 1. The second-order valence-electron chi connectivity index (χ2n) is 6.94. The molecule has 1 N–H and O–H groups in total. The Balaban J connectivity index is 1.21. The zero-order valence-electron chi connectivity index (χ0n) is 15.5. The Hall–Kier alpha value is -3.33. The quantitative estimate of drug-likeness (QED) is 0.553. The lowest BCUT2D eigenvalue weighted by molar-refractivity contribution is -0.120. The molecule has 8 nitrogen and oxygen atoms in total. The second-order valence-corrected chi connectivity index (χ2v) is 7.47. The van der Waals surface area contributed by atoms with E-state index in [4.69, 9.17) is 4.42 Å². The van der Waals surface area contributed by atoms with E-state index in [1.54, 1.807) is 6.26 Å². The molecule has 29 heavy (non-hydrogen) atoms. The summed E-state index contributed by atoms with van der Waals surface area (Å²) in [6.45, 7) is 1.52. The smallest absolute Gasteiger partial charge is 0.227 e. The van der Waals surface area contributed by atoms with Crippen LogP contribution in [0.3, 0.4) is 0 Å². The number of fused-ring (bicyclic) bond motifs is 1.